The highest BCUT2D eigenvalue weighted by Gasteiger charge is 2.34. The summed E-state index contributed by atoms with van der Waals surface area (Å²) < 4.78 is 7.50. The highest BCUT2D eigenvalue weighted by molar-refractivity contribution is 5.97. The summed E-state index contributed by atoms with van der Waals surface area (Å²) >= 11 is 0. The van der Waals surface area contributed by atoms with Crippen molar-refractivity contribution in [3.05, 3.63) is 59.4 Å². The number of carbonyl (C=O) groups excluding carboxylic acids is 2. The van der Waals surface area contributed by atoms with Gasteiger partial charge in [-0.2, -0.15) is 0 Å². The van der Waals surface area contributed by atoms with Gasteiger partial charge in [-0.25, -0.2) is 0 Å². The number of aryl methyl sites for hydroxylation is 1. The number of amides is 2. The normalized spacial score (nSPS) is 19.7. The van der Waals surface area contributed by atoms with Crippen LogP contribution in [-0.2, 0) is 20.9 Å². The third kappa shape index (κ3) is 3.49. The molecule has 6 heteroatoms. The Bertz CT molecular complexity index is 839. The van der Waals surface area contributed by atoms with Gasteiger partial charge in [0.15, 0.2) is 0 Å². The molecule has 0 aliphatic carbocycles. The summed E-state index contributed by atoms with van der Waals surface area (Å²) in [6, 6.07) is 12.1. The summed E-state index contributed by atoms with van der Waals surface area (Å²) in [6.07, 6.45) is 1.98. The van der Waals surface area contributed by atoms with Gasteiger partial charge in [0.05, 0.1) is 19.3 Å². The van der Waals surface area contributed by atoms with Crippen molar-refractivity contribution in [2.24, 2.45) is 0 Å². The van der Waals surface area contributed by atoms with E-state index in [-0.39, 0.29) is 24.3 Å². The van der Waals surface area contributed by atoms with Crippen LogP contribution in [0.3, 0.4) is 0 Å². The second-order valence-electron chi connectivity index (χ2n) is 7.14. The minimum atomic E-state index is -0.153. The van der Waals surface area contributed by atoms with E-state index in [1.165, 1.54) is 0 Å². The van der Waals surface area contributed by atoms with Gasteiger partial charge in [-0.1, -0.05) is 24.3 Å². The fourth-order valence-corrected chi connectivity index (χ4v) is 4.03. The van der Waals surface area contributed by atoms with E-state index in [0.29, 0.717) is 32.8 Å². The molecule has 0 spiro atoms. The number of carbonyl (C=O) groups is 2. The van der Waals surface area contributed by atoms with Crippen molar-refractivity contribution >= 4 is 11.8 Å². The van der Waals surface area contributed by atoms with Gasteiger partial charge in [-0.3, -0.25) is 9.59 Å². The summed E-state index contributed by atoms with van der Waals surface area (Å²) in [5.41, 5.74) is 3.36. The zero-order valence-corrected chi connectivity index (χ0v) is 15.6. The van der Waals surface area contributed by atoms with Gasteiger partial charge in [0.2, 0.25) is 11.8 Å². The minimum absolute atomic E-state index is 0.0803. The zero-order chi connectivity index (χ0) is 18.8. The van der Waals surface area contributed by atoms with Crippen LogP contribution in [-0.4, -0.2) is 59.0 Å². The first kappa shape index (κ1) is 17.8. The molecule has 1 aromatic heterocycles. The van der Waals surface area contributed by atoms with Crippen molar-refractivity contribution in [2.45, 2.75) is 25.9 Å². The second-order valence-corrected chi connectivity index (χ2v) is 7.14. The highest BCUT2D eigenvalue weighted by Crippen LogP contribution is 2.34. The Morgan fingerprint density at radius 2 is 1.78 bits per heavy atom. The van der Waals surface area contributed by atoms with Gasteiger partial charge < -0.3 is 19.1 Å². The van der Waals surface area contributed by atoms with Crippen LogP contribution in [0, 0.1) is 6.92 Å². The number of aromatic nitrogens is 1. The number of nitrogens with zero attached hydrogens (tertiary/aromatic N) is 3. The van der Waals surface area contributed by atoms with Gasteiger partial charge in [-0.15, -0.1) is 0 Å². The van der Waals surface area contributed by atoms with Crippen molar-refractivity contribution in [1.82, 2.24) is 14.4 Å². The van der Waals surface area contributed by atoms with Gasteiger partial charge in [0.25, 0.3) is 0 Å². The Hall–Kier alpha value is -2.60. The Balaban J connectivity index is 1.59. The number of hydrogen-bond acceptors (Lipinski definition) is 3. The predicted molar refractivity (Wildman–Crippen MR) is 101 cm³/mol. The molecule has 3 heterocycles. The molecule has 0 radical (unpaired) electrons. The Kier molecular flexibility index (Phi) is 4.99. The molecule has 4 rings (SSSR count). The average Bonchev–Trinajstić information content (AvgIpc) is 3.17. The molecule has 2 aliphatic rings. The Morgan fingerprint density at radius 1 is 1.00 bits per heavy atom. The number of rotatable bonds is 3. The molecule has 6 nitrogen and oxygen atoms in total. The maximum Gasteiger partial charge on any atom is 0.232 e. The van der Waals surface area contributed by atoms with E-state index < -0.39 is 0 Å². The smallest absolute Gasteiger partial charge is 0.232 e. The third-order valence-electron chi connectivity index (χ3n) is 5.51. The highest BCUT2D eigenvalue weighted by atomic mass is 16.5. The van der Waals surface area contributed by atoms with Crippen LogP contribution in [0.2, 0.25) is 0 Å². The maximum atomic E-state index is 13.1. The molecule has 0 saturated carbocycles. The van der Waals surface area contributed by atoms with Crippen molar-refractivity contribution in [3.63, 3.8) is 0 Å². The van der Waals surface area contributed by atoms with Crippen LogP contribution >= 0.6 is 0 Å². The van der Waals surface area contributed by atoms with E-state index >= 15 is 0 Å². The molecule has 1 fully saturated rings. The molecule has 2 aromatic rings. The Labute approximate surface area is 159 Å². The van der Waals surface area contributed by atoms with E-state index in [9.17, 15) is 9.59 Å². The van der Waals surface area contributed by atoms with Crippen LogP contribution in [0.25, 0.3) is 0 Å². The first-order valence-corrected chi connectivity index (χ1v) is 9.50. The predicted octanol–water partition coefficient (Wildman–Crippen LogP) is 1.98. The fourth-order valence-electron chi connectivity index (χ4n) is 4.03. The lowest BCUT2D eigenvalue weighted by atomic mass is 9.95. The summed E-state index contributed by atoms with van der Waals surface area (Å²) in [5, 5.41) is 0. The first-order chi connectivity index (χ1) is 13.1. The van der Waals surface area contributed by atoms with Crippen LogP contribution in [0.1, 0.15) is 29.3 Å². The van der Waals surface area contributed by atoms with Crippen molar-refractivity contribution in [3.8, 4) is 0 Å². The molecule has 2 aliphatic heterocycles. The molecular formula is C21H25N3O3. The molecule has 1 saturated heterocycles. The second kappa shape index (κ2) is 7.56. The van der Waals surface area contributed by atoms with Gasteiger partial charge in [-0.05, 0) is 30.2 Å². The minimum Gasteiger partial charge on any atom is -0.378 e. The van der Waals surface area contributed by atoms with Crippen molar-refractivity contribution in [2.75, 3.05) is 32.8 Å². The van der Waals surface area contributed by atoms with Gasteiger partial charge in [0, 0.05) is 38.1 Å². The standard InChI is InChI=1S/C21H25N3O3/c1-16-5-2-3-6-17(16)21-18-7-4-8-22(18)9-10-24(21)20(26)15-19(25)23-11-13-27-14-12-23/h2-8,21H,9-15H2,1H3. The molecule has 1 atom stereocenters. The molecule has 0 N–H and O–H groups in total. The summed E-state index contributed by atoms with van der Waals surface area (Å²) in [4.78, 5) is 29.3. The van der Waals surface area contributed by atoms with E-state index in [4.69, 9.17) is 4.74 Å². The summed E-state index contributed by atoms with van der Waals surface area (Å²) in [6.45, 7) is 5.65. The number of fused-ring (bicyclic) bond motifs is 1. The topological polar surface area (TPSA) is 54.8 Å². The largest absolute Gasteiger partial charge is 0.378 e. The molecule has 1 unspecified atom stereocenters. The molecule has 27 heavy (non-hydrogen) atoms. The first-order valence-electron chi connectivity index (χ1n) is 9.50. The lowest BCUT2D eigenvalue weighted by Gasteiger charge is -2.38. The lowest BCUT2D eigenvalue weighted by Crippen LogP contribution is -2.46. The SMILES string of the molecule is Cc1ccccc1C1c2cccn2CCN1C(=O)CC(=O)N1CCOCC1. The molecule has 142 valence electrons. The van der Waals surface area contributed by atoms with E-state index in [1.807, 2.05) is 23.1 Å². The number of ether oxygens (including phenoxy) is 1. The number of morpholine rings is 1. The van der Waals surface area contributed by atoms with Crippen LogP contribution < -0.4 is 0 Å². The summed E-state index contributed by atoms with van der Waals surface area (Å²) in [5.74, 6) is -0.208. The maximum absolute atomic E-state index is 13.1. The van der Waals surface area contributed by atoms with E-state index in [0.717, 1.165) is 23.4 Å². The summed E-state index contributed by atoms with van der Waals surface area (Å²) in [7, 11) is 0. The molecule has 1 aromatic carbocycles. The molecule has 2 amide bonds. The fraction of sp³-hybridized carbons (Fsp3) is 0.429. The van der Waals surface area contributed by atoms with Gasteiger partial charge in [0.1, 0.15) is 6.42 Å². The number of hydrogen-bond donors (Lipinski definition) is 0. The Morgan fingerprint density at radius 3 is 2.56 bits per heavy atom. The monoisotopic (exact) mass is 367 g/mol. The molecule has 0 bridgehead atoms. The van der Waals surface area contributed by atoms with Gasteiger partial charge >= 0.3 is 0 Å². The number of benzene rings is 1. The van der Waals surface area contributed by atoms with Crippen LogP contribution in [0.15, 0.2) is 42.6 Å². The molecular weight excluding hydrogens is 342 g/mol. The van der Waals surface area contributed by atoms with E-state index in [1.54, 1.807) is 4.90 Å². The third-order valence-corrected chi connectivity index (χ3v) is 5.51. The van der Waals surface area contributed by atoms with Crippen LogP contribution in [0.5, 0.6) is 0 Å². The van der Waals surface area contributed by atoms with Crippen molar-refractivity contribution in [1.29, 1.82) is 0 Å². The lowest BCUT2D eigenvalue weighted by molar-refractivity contribution is -0.144. The quantitative estimate of drug-likeness (QED) is 0.780. The van der Waals surface area contributed by atoms with E-state index in [2.05, 4.69) is 35.9 Å². The van der Waals surface area contributed by atoms with Crippen molar-refractivity contribution < 1.29 is 14.3 Å². The van der Waals surface area contributed by atoms with Crippen LogP contribution in [0.4, 0.5) is 0 Å². The average molecular weight is 367 g/mol. The zero-order valence-electron chi connectivity index (χ0n) is 15.6.